The summed E-state index contributed by atoms with van der Waals surface area (Å²) in [5.74, 6) is -0.496. The zero-order valence-corrected chi connectivity index (χ0v) is 19.4. The van der Waals surface area contributed by atoms with Crippen molar-refractivity contribution in [2.45, 2.75) is 0 Å². The average Bonchev–Trinajstić information content (AvgIpc) is 3.19. The number of imidazole rings is 1. The third-order valence-corrected chi connectivity index (χ3v) is 5.96. The van der Waals surface area contributed by atoms with Crippen molar-refractivity contribution in [2.24, 2.45) is 26.2 Å². The summed E-state index contributed by atoms with van der Waals surface area (Å²) in [4.78, 5) is 56.3. The Morgan fingerprint density at radius 1 is 0.972 bits per heavy atom. The lowest BCUT2D eigenvalue weighted by Crippen LogP contribution is -2.37. The smallest absolute Gasteiger partial charge is 0.335 e. The summed E-state index contributed by atoms with van der Waals surface area (Å²) in [5, 5.41) is 16.4. The van der Waals surface area contributed by atoms with Gasteiger partial charge in [0.05, 0.1) is 11.9 Å². The van der Waals surface area contributed by atoms with E-state index in [-0.39, 0.29) is 22.7 Å². The first kappa shape index (κ1) is 22.6. The highest BCUT2D eigenvalue weighted by Gasteiger charge is 2.18. The summed E-state index contributed by atoms with van der Waals surface area (Å²) in [7, 11) is 4.41. The second kappa shape index (κ2) is 8.23. The summed E-state index contributed by atoms with van der Waals surface area (Å²) in [6.45, 7) is 0. The van der Waals surface area contributed by atoms with Crippen LogP contribution in [0, 0.1) is 0 Å². The number of nitrogens with one attached hydrogen (secondary N) is 2. The van der Waals surface area contributed by atoms with E-state index in [1.54, 1.807) is 31.3 Å². The summed E-state index contributed by atoms with van der Waals surface area (Å²) < 4.78 is 4.59. The molecule has 0 atom stereocenters. The lowest BCUT2D eigenvalue weighted by molar-refractivity contribution is 0.430. The minimum Gasteiger partial charge on any atom is -0.493 e. The van der Waals surface area contributed by atoms with Crippen LogP contribution in [0.1, 0.15) is 5.56 Å². The molecule has 3 N–H and O–H groups in total. The molecule has 0 aliphatic carbocycles. The van der Waals surface area contributed by atoms with Gasteiger partial charge in [0.2, 0.25) is 11.8 Å². The molecule has 0 aliphatic rings. The molecule has 5 aromatic rings. The van der Waals surface area contributed by atoms with Crippen molar-refractivity contribution in [1.29, 1.82) is 0 Å². The molecule has 182 valence electrons. The van der Waals surface area contributed by atoms with Gasteiger partial charge in [0.15, 0.2) is 11.2 Å². The lowest BCUT2D eigenvalue weighted by Gasteiger charge is -2.12. The quantitative estimate of drug-likeness (QED) is 0.239. The van der Waals surface area contributed by atoms with Gasteiger partial charge in [-0.2, -0.15) is 10.1 Å². The van der Waals surface area contributed by atoms with E-state index in [1.807, 2.05) is 18.2 Å². The molecule has 0 bridgehead atoms. The number of benzene rings is 2. The molecule has 5 rings (SSSR count). The fourth-order valence-electron chi connectivity index (χ4n) is 4.05. The molecule has 3 aromatic heterocycles. The molecule has 0 unspecified atom stereocenters. The van der Waals surface area contributed by atoms with E-state index < -0.39 is 28.4 Å². The third-order valence-electron chi connectivity index (χ3n) is 5.96. The van der Waals surface area contributed by atoms with Crippen molar-refractivity contribution in [2.75, 3.05) is 5.43 Å². The molecular weight excluding hydrogens is 468 g/mol. The average molecular weight is 488 g/mol. The Morgan fingerprint density at radius 3 is 2.47 bits per heavy atom. The van der Waals surface area contributed by atoms with Crippen LogP contribution < -0.4 is 27.9 Å². The summed E-state index contributed by atoms with van der Waals surface area (Å²) in [6, 6.07) is 12.5. The van der Waals surface area contributed by atoms with Crippen LogP contribution in [0.5, 0.6) is 5.88 Å². The number of aromatic hydroxyl groups is 1. The van der Waals surface area contributed by atoms with Crippen molar-refractivity contribution in [3.05, 3.63) is 89.7 Å². The van der Waals surface area contributed by atoms with Gasteiger partial charge in [0.1, 0.15) is 5.56 Å². The minimum atomic E-state index is -0.846. The zero-order valence-electron chi connectivity index (χ0n) is 19.4. The van der Waals surface area contributed by atoms with E-state index >= 15 is 0 Å². The van der Waals surface area contributed by atoms with Crippen molar-refractivity contribution in [1.82, 2.24) is 28.2 Å². The molecule has 0 amide bonds. The molecule has 0 radical (unpaired) electrons. The van der Waals surface area contributed by atoms with Crippen LogP contribution in [-0.4, -0.2) is 39.6 Å². The van der Waals surface area contributed by atoms with Crippen LogP contribution in [0.3, 0.4) is 0 Å². The molecule has 36 heavy (non-hydrogen) atoms. The fraction of sp³-hybridized carbons (Fsp3) is 0.130. The highest BCUT2D eigenvalue weighted by Crippen LogP contribution is 2.24. The van der Waals surface area contributed by atoms with E-state index in [1.165, 1.54) is 23.2 Å². The van der Waals surface area contributed by atoms with E-state index in [0.717, 1.165) is 20.7 Å². The highest BCUT2D eigenvalue weighted by molar-refractivity contribution is 5.91. The van der Waals surface area contributed by atoms with E-state index in [2.05, 4.69) is 20.5 Å². The number of nitrogens with zero attached hydrogens (tertiary/aromatic N) is 6. The SMILES string of the molecule is Cn1c(=O)c2c(nc(NN=Cc3c(O)n(-c4cccc5ccccc45)c(=O)[nH]c3=O)n2C)n(C)c1=O. The first-order valence-electron chi connectivity index (χ1n) is 10.7. The summed E-state index contributed by atoms with van der Waals surface area (Å²) >= 11 is 0. The Balaban J connectivity index is 1.59. The molecule has 2 aromatic carbocycles. The van der Waals surface area contributed by atoms with Crippen LogP contribution in [0.15, 0.2) is 66.7 Å². The van der Waals surface area contributed by atoms with Crippen LogP contribution in [0.2, 0.25) is 0 Å². The van der Waals surface area contributed by atoms with Gasteiger partial charge in [0, 0.05) is 26.5 Å². The van der Waals surface area contributed by atoms with Gasteiger partial charge in [-0.3, -0.25) is 23.7 Å². The number of aromatic amines is 1. The molecule has 0 aliphatic heterocycles. The largest absolute Gasteiger partial charge is 0.493 e. The maximum absolute atomic E-state index is 12.6. The molecule has 0 saturated heterocycles. The second-order valence-electron chi connectivity index (χ2n) is 8.07. The van der Waals surface area contributed by atoms with E-state index in [0.29, 0.717) is 11.1 Å². The van der Waals surface area contributed by atoms with Crippen LogP contribution in [0.4, 0.5) is 5.95 Å². The first-order valence-corrected chi connectivity index (χ1v) is 10.7. The minimum absolute atomic E-state index is 0.109. The first-order chi connectivity index (χ1) is 17.2. The second-order valence-corrected chi connectivity index (χ2v) is 8.07. The molecule has 0 spiro atoms. The number of aryl methyl sites for hydroxylation is 2. The predicted molar refractivity (Wildman–Crippen MR) is 134 cm³/mol. The van der Waals surface area contributed by atoms with Gasteiger partial charge < -0.3 is 9.67 Å². The van der Waals surface area contributed by atoms with Crippen molar-refractivity contribution in [3.63, 3.8) is 0 Å². The van der Waals surface area contributed by atoms with Crippen molar-refractivity contribution in [3.8, 4) is 11.6 Å². The number of H-pyrrole nitrogens is 1. The molecule has 0 fully saturated rings. The normalized spacial score (nSPS) is 11.6. The standard InChI is InChI=1S/C23H20N8O5/c1-28-16-17(29(2)23(36)30(3)20(16)34)25-21(28)27-24-11-14-18(32)26-22(35)31(19(14)33)15-10-6-8-12-7-4-5-9-13(12)15/h4-11,33H,1-3H3,(H,25,27)(H,26,32,35). The van der Waals surface area contributed by atoms with Gasteiger partial charge in [0.25, 0.3) is 11.1 Å². The number of hydrogen-bond donors (Lipinski definition) is 3. The molecule has 13 heteroatoms. The zero-order chi connectivity index (χ0) is 25.7. The van der Waals surface area contributed by atoms with Crippen molar-refractivity contribution >= 4 is 34.1 Å². The number of hydrazone groups is 1. The number of anilines is 1. The van der Waals surface area contributed by atoms with E-state index in [9.17, 15) is 24.3 Å². The number of aromatic nitrogens is 6. The Bertz CT molecular complexity index is 1950. The number of hydrogen-bond acceptors (Lipinski definition) is 8. The summed E-state index contributed by atoms with van der Waals surface area (Å²) in [6.07, 6.45) is 1.03. The highest BCUT2D eigenvalue weighted by atomic mass is 16.3. The molecular formula is C23H20N8O5. The van der Waals surface area contributed by atoms with Crippen LogP contribution >= 0.6 is 0 Å². The van der Waals surface area contributed by atoms with Gasteiger partial charge in [-0.05, 0) is 11.5 Å². The predicted octanol–water partition coefficient (Wildman–Crippen LogP) is 0.115. The molecule has 3 heterocycles. The Hall–Kier alpha value is -5.20. The lowest BCUT2D eigenvalue weighted by atomic mass is 10.1. The maximum Gasteiger partial charge on any atom is 0.335 e. The van der Waals surface area contributed by atoms with Crippen LogP contribution in [0.25, 0.3) is 27.6 Å². The monoisotopic (exact) mass is 488 g/mol. The Morgan fingerprint density at radius 2 is 1.69 bits per heavy atom. The third kappa shape index (κ3) is 3.33. The van der Waals surface area contributed by atoms with Gasteiger partial charge in [-0.1, -0.05) is 36.4 Å². The fourth-order valence-corrected chi connectivity index (χ4v) is 4.05. The van der Waals surface area contributed by atoms with Gasteiger partial charge in [-0.15, -0.1) is 0 Å². The van der Waals surface area contributed by atoms with Crippen molar-refractivity contribution < 1.29 is 5.11 Å². The number of rotatable bonds is 4. The van der Waals surface area contributed by atoms with E-state index in [4.69, 9.17) is 0 Å². The van der Waals surface area contributed by atoms with Gasteiger partial charge in [-0.25, -0.2) is 19.6 Å². The molecule has 13 nitrogen and oxygen atoms in total. The van der Waals surface area contributed by atoms with Gasteiger partial charge >= 0.3 is 11.4 Å². The Labute approximate surface area is 200 Å². The summed E-state index contributed by atoms with van der Waals surface area (Å²) in [5.41, 5.74) is 0.295. The number of fused-ring (bicyclic) bond motifs is 2. The van der Waals surface area contributed by atoms with Crippen LogP contribution in [-0.2, 0) is 21.1 Å². The topological polar surface area (TPSA) is 161 Å². The molecule has 0 saturated carbocycles. The Kier molecular flexibility index (Phi) is 5.16. The maximum atomic E-state index is 12.6.